The quantitative estimate of drug-likeness (QED) is 0.721. The first-order valence-electron chi connectivity index (χ1n) is 8.84. The number of amides is 1. The Hall–Kier alpha value is -3.06. The molecule has 1 fully saturated rings. The molecule has 138 valence electrons. The minimum absolute atomic E-state index is 0.146. The van der Waals surface area contributed by atoms with Crippen molar-refractivity contribution < 1.29 is 14.6 Å². The Balaban J connectivity index is 1.58. The van der Waals surface area contributed by atoms with Gasteiger partial charge in [-0.25, -0.2) is 9.97 Å². The third-order valence-electron chi connectivity index (χ3n) is 4.92. The summed E-state index contributed by atoms with van der Waals surface area (Å²) in [6.07, 6.45) is 4.14. The first-order valence-corrected chi connectivity index (χ1v) is 8.84. The van der Waals surface area contributed by atoms with Crippen molar-refractivity contribution in [3.63, 3.8) is 0 Å². The normalized spacial score (nSPS) is 19.9. The van der Waals surface area contributed by atoms with Crippen molar-refractivity contribution in [1.82, 2.24) is 20.3 Å². The van der Waals surface area contributed by atoms with Crippen LogP contribution in [-0.2, 0) is 0 Å². The van der Waals surface area contributed by atoms with Crippen molar-refractivity contribution in [2.24, 2.45) is 5.92 Å². The average Bonchev–Trinajstić information content (AvgIpc) is 2.69. The molecule has 1 aromatic carbocycles. The summed E-state index contributed by atoms with van der Waals surface area (Å²) in [5, 5.41) is 12.7. The molecule has 0 bridgehead atoms. The van der Waals surface area contributed by atoms with Gasteiger partial charge in [0.05, 0.1) is 36.5 Å². The first-order chi connectivity index (χ1) is 13.1. The maximum absolute atomic E-state index is 12.8. The molecule has 7 heteroatoms. The maximum atomic E-state index is 12.8. The zero-order chi connectivity index (χ0) is 18.8. The highest BCUT2D eigenvalue weighted by atomic mass is 16.5. The Morgan fingerprint density at radius 1 is 1.15 bits per heavy atom. The number of ether oxygens (including phenoxy) is 1. The lowest BCUT2D eigenvalue weighted by Gasteiger charge is -2.38. The summed E-state index contributed by atoms with van der Waals surface area (Å²) in [5.41, 5.74) is 2.55. The van der Waals surface area contributed by atoms with Gasteiger partial charge in [0.2, 0.25) is 5.88 Å². The van der Waals surface area contributed by atoms with Gasteiger partial charge in [-0.05, 0) is 36.5 Å². The van der Waals surface area contributed by atoms with Gasteiger partial charge >= 0.3 is 0 Å². The highest BCUT2D eigenvalue weighted by Crippen LogP contribution is 2.38. The summed E-state index contributed by atoms with van der Waals surface area (Å²) in [6.45, 7) is 0. The number of fused-ring (bicyclic) bond motifs is 1. The topological polar surface area (TPSA) is 97.2 Å². The van der Waals surface area contributed by atoms with E-state index in [0.29, 0.717) is 24.2 Å². The number of para-hydroxylation sites is 2. The van der Waals surface area contributed by atoms with Gasteiger partial charge in [0.1, 0.15) is 5.69 Å². The lowest BCUT2D eigenvalue weighted by molar-refractivity contribution is 0.0234. The van der Waals surface area contributed by atoms with E-state index in [0.717, 1.165) is 11.1 Å². The number of aliphatic hydroxyl groups is 1. The maximum Gasteiger partial charge on any atom is 0.272 e. The van der Waals surface area contributed by atoms with E-state index in [1.54, 1.807) is 19.4 Å². The number of nitrogens with zero attached hydrogens (tertiary/aromatic N) is 3. The van der Waals surface area contributed by atoms with E-state index >= 15 is 0 Å². The predicted molar refractivity (Wildman–Crippen MR) is 99.3 cm³/mol. The molecule has 7 nitrogen and oxygen atoms in total. The van der Waals surface area contributed by atoms with Crippen molar-refractivity contribution in [3.05, 3.63) is 60.0 Å². The van der Waals surface area contributed by atoms with Crippen molar-refractivity contribution in [2.75, 3.05) is 7.11 Å². The lowest BCUT2D eigenvalue weighted by atomic mass is 9.75. The van der Waals surface area contributed by atoms with Crippen LogP contribution in [0.3, 0.4) is 0 Å². The van der Waals surface area contributed by atoms with Gasteiger partial charge < -0.3 is 15.2 Å². The molecule has 0 aliphatic heterocycles. The van der Waals surface area contributed by atoms with Crippen LogP contribution in [0.25, 0.3) is 11.0 Å². The smallest absolute Gasteiger partial charge is 0.272 e. The molecule has 27 heavy (non-hydrogen) atoms. The zero-order valence-electron chi connectivity index (χ0n) is 14.9. The number of carbonyl (C=O) groups is 1. The molecule has 1 aliphatic rings. The average molecular weight is 364 g/mol. The van der Waals surface area contributed by atoms with Gasteiger partial charge in [-0.3, -0.25) is 9.78 Å². The van der Waals surface area contributed by atoms with E-state index in [2.05, 4.69) is 20.3 Å². The minimum atomic E-state index is -0.318. The molecule has 4 rings (SSSR count). The molecule has 2 aromatic heterocycles. The fraction of sp³-hybridized carbons (Fsp3) is 0.300. The second-order valence-electron chi connectivity index (χ2n) is 6.71. The Kier molecular flexibility index (Phi) is 4.68. The second kappa shape index (κ2) is 7.28. The summed E-state index contributed by atoms with van der Waals surface area (Å²) in [7, 11) is 1.56. The number of carbonyl (C=O) groups excluding carboxylic acids is 1. The molecule has 3 aromatic rings. The summed E-state index contributed by atoms with van der Waals surface area (Å²) in [6, 6.07) is 10.8. The Morgan fingerprint density at radius 2 is 1.93 bits per heavy atom. The van der Waals surface area contributed by atoms with Crippen LogP contribution in [0.4, 0.5) is 0 Å². The van der Waals surface area contributed by atoms with Gasteiger partial charge in [-0.15, -0.1) is 0 Å². The molecule has 0 spiro atoms. The molecule has 1 aliphatic carbocycles. The molecule has 1 saturated carbocycles. The summed E-state index contributed by atoms with van der Waals surface area (Å²) >= 11 is 0. The predicted octanol–water partition coefficient (Wildman–Crippen LogP) is 2.28. The van der Waals surface area contributed by atoms with Crippen molar-refractivity contribution in [2.45, 2.75) is 25.0 Å². The molecule has 2 N–H and O–H groups in total. The third kappa shape index (κ3) is 3.59. The fourth-order valence-corrected chi connectivity index (χ4v) is 3.35. The van der Waals surface area contributed by atoms with E-state index in [1.165, 1.54) is 6.20 Å². The molecular formula is C20H20N4O3. The number of benzene rings is 1. The summed E-state index contributed by atoms with van der Waals surface area (Å²) in [4.78, 5) is 25.7. The zero-order valence-corrected chi connectivity index (χ0v) is 14.9. The minimum Gasteiger partial charge on any atom is -0.481 e. The number of nitrogens with one attached hydrogen (secondary N) is 1. The molecule has 0 unspecified atom stereocenters. The van der Waals surface area contributed by atoms with E-state index in [4.69, 9.17) is 4.74 Å². The van der Waals surface area contributed by atoms with Gasteiger partial charge in [0.15, 0.2) is 0 Å². The third-order valence-corrected chi connectivity index (χ3v) is 4.92. The van der Waals surface area contributed by atoms with E-state index < -0.39 is 0 Å². The molecule has 0 radical (unpaired) electrons. The fourth-order valence-electron chi connectivity index (χ4n) is 3.35. The summed E-state index contributed by atoms with van der Waals surface area (Å²) < 4.78 is 5.10. The van der Waals surface area contributed by atoms with Crippen LogP contribution in [0.1, 0.15) is 34.9 Å². The van der Waals surface area contributed by atoms with Gasteiger partial charge in [0, 0.05) is 12.3 Å². The molecule has 0 saturated heterocycles. The number of rotatable bonds is 5. The number of methoxy groups -OCH3 is 1. The lowest BCUT2D eigenvalue weighted by Crippen LogP contribution is -2.41. The summed E-state index contributed by atoms with van der Waals surface area (Å²) in [5.74, 6) is 0.362. The first kappa shape index (κ1) is 17.4. The molecule has 1 amide bonds. The van der Waals surface area contributed by atoms with Crippen LogP contribution in [0, 0.1) is 5.92 Å². The Labute approximate surface area is 156 Å². The largest absolute Gasteiger partial charge is 0.481 e. The highest BCUT2D eigenvalue weighted by molar-refractivity contribution is 5.94. The van der Waals surface area contributed by atoms with E-state index in [9.17, 15) is 9.90 Å². The monoisotopic (exact) mass is 364 g/mol. The number of pyridine rings is 1. The Bertz CT molecular complexity index is 955. The van der Waals surface area contributed by atoms with Crippen molar-refractivity contribution in [1.29, 1.82) is 0 Å². The second-order valence-corrected chi connectivity index (χ2v) is 6.71. The van der Waals surface area contributed by atoms with Crippen LogP contribution in [0.2, 0.25) is 0 Å². The van der Waals surface area contributed by atoms with Crippen LogP contribution >= 0.6 is 0 Å². The van der Waals surface area contributed by atoms with Crippen LogP contribution in [0.5, 0.6) is 5.88 Å². The van der Waals surface area contributed by atoms with E-state index in [1.807, 2.05) is 30.3 Å². The Morgan fingerprint density at radius 3 is 2.59 bits per heavy atom. The highest BCUT2D eigenvalue weighted by Gasteiger charge is 2.36. The van der Waals surface area contributed by atoms with Gasteiger partial charge in [0.25, 0.3) is 5.91 Å². The molecular weight excluding hydrogens is 344 g/mol. The van der Waals surface area contributed by atoms with Crippen LogP contribution in [-0.4, -0.2) is 39.2 Å². The number of hydrogen-bond donors (Lipinski definition) is 2. The molecule has 2 heterocycles. The molecule has 1 atom stereocenters. The standard InChI is InChI=1S/C20H20N4O3/c1-27-18-7-6-12(10-22-18)19(13-8-14(25)9-13)24-20(26)17-11-21-15-4-2-3-5-16(15)23-17/h2-7,10-11,13-14,19,25H,8-9H2,1H3,(H,24,26)/t13?,14?,19-/m1/s1. The number of aromatic nitrogens is 3. The van der Waals surface area contributed by atoms with Gasteiger partial charge in [-0.1, -0.05) is 18.2 Å². The SMILES string of the molecule is COc1ccc([C@@H](NC(=O)c2cnc3ccccc3n2)C2CC(O)C2)cn1. The number of hydrogen-bond acceptors (Lipinski definition) is 6. The number of aliphatic hydroxyl groups excluding tert-OH is 1. The van der Waals surface area contributed by atoms with Crippen molar-refractivity contribution >= 4 is 16.9 Å². The van der Waals surface area contributed by atoms with Gasteiger partial charge in [-0.2, -0.15) is 0 Å². The van der Waals surface area contributed by atoms with Crippen LogP contribution in [0.15, 0.2) is 48.8 Å². The van der Waals surface area contributed by atoms with Crippen molar-refractivity contribution in [3.8, 4) is 5.88 Å². The van der Waals surface area contributed by atoms with E-state index in [-0.39, 0.29) is 29.7 Å². The van der Waals surface area contributed by atoms with Crippen LogP contribution < -0.4 is 10.1 Å².